The van der Waals surface area contributed by atoms with Gasteiger partial charge in [0.05, 0.1) is 7.11 Å². The number of unbranched alkanes of at least 4 members (excludes halogenated alkanes) is 1. The summed E-state index contributed by atoms with van der Waals surface area (Å²) in [6, 6.07) is 7.79. The molecule has 0 fully saturated rings. The van der Waals surface area contributed by atoms with E-state index in [2.05, 4.69) is 11.9 Å². The van der Waals surface area contributed by atoms with E-state index in [0.717, 1.165) is 52.7 Å². The van der Waals surface area contributed by atoms with Crippen LogP contribution in [0.3, 0.4) is 0 Å². The molecule has 2 aliphatic heterocycles. The fourth-order valence-electron chi connectivity index (χ4n) is 2.76. The fourth-order valence-corrected chi connectivity index (χ4v) is 2.76. The molecule has 1 N–H and O–H groups in total. The first-order valence-corrected chi connectivity index (χ1v) is 7.63. The van der Waals surface area contributed by atoms with E-state index in [1.54, 1.807) is 7.11 Å². The Kier molecular flexibility index (Phi) is 4.15. The minimum atomic E-state index is -0.0717. The number of nitrogens with one attached hydrogen (secondary N) is 1. The van der Waals surface area contributed by atoms with Crippen molar-refractivity contribution in [3.8, 4) is 5.75 Å². The van der Waals surface area contributed by atoms with E-state index in [-0.39, 0.29) is 5.91 Å². The van der Waals surface area contributed by atoms with Gasteiger partial charge in [-0.3, -0.25) is 4.79 Å². The number of aliphatic imine (C=N–C) groups is 2. The van der Waals surface area contributed by atoms with E-state index >= 15 is 0 Å². The molecule has 1 aromatic rings. The zero-order valence-corrected chi connectivity index (χ0v) is 12.9. The SMILES string of the molecule is CCCCC1=NC(=O)C[NH+]2C=C(c3ccccc3OC)N=C12. The highest BCUT2D eigenvalue weighted by Crippen LogP contribution is 2.27. The molecule has 1 amide bonds. The maximum Gasteiger partial charge on any atom is 0.302 e. The van der Waals surface area contributed by atoms with Crippen molar-refractivity contribution in [3.05, 3.63) is 36.0 Å². The smallest absolute Gasteiger partial charge is 0.302 e. The number of quaternary nitrogens is 1. The Balaban J connectivity index is 1.95. The van der Waals surface area contributed by atoms with Crippen molar-refractivity contribution >= 4 is 23.2 Å². The summed E-state index contributed by atoms with van der Waals surface area (Å²) in [5.41, 5.74) is 2.62. The molecule has 114 valence electrons. The van der Waals surface area contributed by atoms with Gasteiger partial charge in [0.15, 0.2) is 6.54 Å². The van der Waals surface area contributed by atoms with E-state index in [4.69, 9.17) is 9.73 Å². The average molecular weight is 298 g/mol. The molecule has 2 heterocycles. The highest BCUT2D eigenvalue weighted by Gasteiger charge is 2.35. The van der Waals surface area contributed by atoms with Gasteiger partial charge in [0, 0.05) is 5.56 Å². The number of fused-ring (bicyclic) bond motifs is 1. The van der Waals surface area contributed by atoms with Crippen LogP contribution in [0.25, 0.3) is 5.70 Å². The molecular weight excluding hydrogens is 278 g/mol. The number of hydrogen-bond acceptors (Lipinski definition) is 3. The standard InChI is InChI=1S/C17H19N3O2/c1-3-4-8-13-17-19-14(10-20(17)11-16(21)18-13)12-7-5-6-9-15(12)22-2/h5-7,9-10H,3-4,8,11H2,1-2H3/p+1. The molecule has 1 aromatic carbocycles. The van der Waals surface area contributed by atoms with Crippen LogP contribution < -0.4 is 9.64 Å². The number of para-hydroxylation sites is 1. The van der Waals surface area contributed by atoms with Gasteiger partial charge in [-0.25, -0.2) is 9.89 Å². The fraction of sp³-hybridized carbons (Fsp3) is 0.353. The topological polar surface area (TPSA) is 55.5 Å². The summed E-state index contributed by atoms with van der Waals surface area (Å²) in [7, 11) is 1.65. The quantitative estimate of drug-likeness (QED) is 0.895. The van der Waals surface area contributed by atoms with Crippen LogP contribution in [0, 0.1) is 0 Å². The third-order valence-electron chi connectivity index (χ3n) is 3.87. The molecule has 2 aliphatic rings. The minimum Gasteiger partial charge on any atom is -0.496 e. The Morgan fingerprint density at radius 1 is 1.27 bits per heavy atom. The monoisotopic (exact) mass is 298 g/mol. The molecule has 1 unspecified atom stereocenters. The third kappa shape index (κ3) is 2.72. The molecule has 5 heteroatoms. The largest absolute Gasteiger partial charge is 0.496 e. The molecule has 0 saturated heterocycles. The highest BCUT2D eigenvalue weighted by atomic mass is 16.5. The first kappa shape index (κ1) is 14.7. The predicted molar refractivity (Wildman–Crippen MR) is 86.2 cm³/mol. The molecule has 0 aromatic heterocycles. The van der Waals surface area contributed by atoms with Crippen molar-refractivity contribution in [2.24, 2.45) is 9.98 Å². The van der Waals surface area contributed by atoms with Gasteiger partial charge in [0.1, 0.15) is 23.4 Å². The maximum absolute atomic E-state index is 11.8. The number of ether oxygens (including phenoxy) is 1. The van der Waals surface area contributed by atoms with Crippen molar-refractivity contribution in [1.82, 2.24) is 0 Å². The number of benzene rings is 1. The molecule has 0 spiro atoms. The Labute approximate surface area is 130 Å². The molecule has 5 nitrogen and oxygen atoms in total. The molecule has 0 bridgehead atoms. The van der Waals surface area contributed by atoms with E-state index < -0.39 is 0 Å². The normalized spacial score (nSPS) is 20.2. The van der Waals surface area contributed by atoms with Gasteiger partial charge in [-0.1, -0.05) is 25.5 Å². The zero-order chi connectivity index (χ0) is 15.5. The Hall–Kier alpha value is -2.27. The van der Waals surface area contributed by atoms with Gasteiger partial charge in [-0.15, -0.1) is 0 Å². The number of carbonyl (C=O) groups is 1. The number of methoxy groups -OCH3 is 1. The van der Waals surface area contributed by atoms with Gasteiger partial charge in [-0.2, -0.15) is 4.99 Å². The summed E-state index contributed by atoms with van der Waals surface area (Å²) in [6.45, 7) is 2.47. The first-order chi connectivity index (χ1) is 10.7. The Morgan fingerprint density at radius 2 is 2.09 bits per heavy atom. The summed E-state index contributed by atoms with van der Waals surface area (Å²) in [6.07, 6.45) is 4.88. The van der Waals surface area contributed by atoms with Crippen molar-refractivity contribution < 1.29 is 14.4 Å². The summed E-state index contributed by atoms with van der Waals surface area (Å²) in [5.74, 6) is 1.60. The minimum absolute atomic E-state index is 0.0717. The van der Waals surface area contributed by atoms with E-state index in [0.29, 0.717) is 6.54 Å². The summed E-state index contributed by atoms with van der Waals surface area (Å²) in [5, 5.41) is 0. The lowest BCUT2D eigenvalue weighted by Gasteiger charge is -2.16. The number of hydrogen-bond donors (Lipinski definition) is 1. The van der Waals surface area contributed by atoms with Crippen molar-refractivity contribution in [1.29, 1.82) is 0 Å². The molecular formula is C17H20N3O2+. The van der Waals surface area contributed by atoms with Crippen LogP contribution in [-0.4, -0.2) is 31.1 Å². The van der Waals surface area contributed by atoms with E-state index in [9.17, 15) is 4.79 Å². The Morgan fingerprint density at radius 3 is 2.86 bits per heavy atom. The number of amidine groups is 1. The number of rotatable bonds is 5. The highest BCUT2D eigenvalue weighted by molar-refractivity contribution is 6.41. The lowest BCUT2D eigenvalue weighted by Crippen LogP contribution is -3.12. The van der Waals surface area contributed by atoms with Crippen LogP contribution >= 0.6 is 0 Å². The summed E-state index contributed by atoms with van der Waals surface area (Å²) >= 11 is 0. The maximum atomic E-state index is 11.8. The van der Waals surface area contributed by atoms with Crippen LogP contribution in [0.2, 0.25) is 0 Å². The van der Waals surface area contributed by atoms with Gasteiger partial charge in [-0.05, 0) is 25.0 Å². The second-order valence-electron chi connectivity index (χ2n) is 5.45. The lowest BCUT2D eigenvalue weighted by molar-refractivity contribution is -0.731. The Bertz CT molecular complexity index is 689. The van der Waals surface area contributed by atoms with Crippen molar-refractivity contribution in [2.75, 3.05) is 13.7 Å². The van der Waals surface area contributed by atoms with Gasteiger partial charge < -0.3 is 4.74 Å². The molecule has 3 rings (SSSR count). The van der Waals surface area contributed by atoms with Crippen LogP contribution in [0.4, 0.5) is 0 Å². The molecule has 1 atom stereocenters. The van der Waals surface area contributed by atoms with Crippen molar-refractivity contribution in [3.63, 3.8) is 0 Å². The number of amides is 1. The predicted octanol–water partition coefficient (Wildman–Crippen LogP) is 1.46. The van der Waals surface area contributed by atoms with Crippen LogP contribution in [0.5, 0.6) is 5.75 Å². The van der Waals surface area contributed by atoms with Crippen molar-refractivity contribution in [2.45, 2.75) is 26.2 Å². The average Bonchev–Trinajstić information content (AvgIpc) is 2.96. The van der Waals surface area contributed by atoms with Crippen LogP contribution in [0.1, 0.15) is 31.7 Å². The second kappa shape index (κ2) is 6.23. The summed E-state index contributed by atoms with van der Waals surface area (Å²) < 4.78 is 5.41. The summed E-state index contributed by atoms with van der Waals surface area (Å²) in [4.78, 5) is 21.7. The van der Waals surface area contributed by atoms with Gasteiger partial charge in [0.25, 0.3) is 5.84 Å². The van der Waals surface area contributed by atoms with Crippen LogP contribution in [0.15, 0.2) is 40.5 Å². The number of nitrogens with zero attached hydrogens (tertiary/aromatic N) is 2. The second-order valence-corrected chi connectivity index (χ2v) is 5.45. The van der Waals surface area contributed by atoms with Gasteiger partial charge in [0.2, 0.25) is 0 Å². The van der Waals surface area contributed by atoms with E-state index in [1.807, 2.05) is 30.5 Å². The number of carbonyl (C=O) groups excluding carboxylic acids is 1. The molecule has 0 radical (unpaired) electrons. The molecule has 0 aliphatic carbocycles. The molecule has 0 saturated carbocycles. The molecule has 22 heavy (non-hydrogen) atoms. The van der Waals surface area contributed by atoms with Gasteiger partial charge >= 0.3 is 5.91 Å². The van der Waals surface area contributed by atoms with E-state index in [1.165, 1.54) is 0 Å². The first-order valence-electron chi connectivity index (χ1n) is 7.63. The third-order valence-corrected chi connectivity index (χ3v) is 3.87. The van der Waals surface area contributed by atoms with Crippen LogP contribution in [-0.2, 0) is 4.79 Å². The zero-order valence-electron chi connectivity index (χ0n) is 12.9. The lowest BCUT2D eigenvalue weighted by atomic mass is 10.1.